The lowest BCUT2D eigenvalue weighted by Gasteiger charge is -2.45. The van der Waals surface area contributed by atoms with Gasteiger partial charge in [0.25, 0.3) is 11.6 Å². The number of nitrogens with zero attached hydrogens (tertiary/aromatic N) is 5. The lowest BCUT2D eigenvalue weighted by atomic mass is 9.72. The SMILES string of the molecule is CC(C)c1cc2[n+]3c(c1)-n1c4ccccc4c4cc5c6ccccc6n6c5c(c41)C31c3c(cccc3-6)N3c4ccccc4C(C)(C)c4ccc-2[n+]1c43. The Labute approximate surface area is 299 Å². The highest BCUT2D eigenvalue weighted by molar-refractivity contribution is 6.22. The van der Waals surface area contributed by atoms with Crippen LogP contribution in [0.5, 0.6) is 0 Å². The first-order valence-electron chi connectivity index (χ1n) is 18.7. The number of hydrogen-bond donors (Lipinski definition) is 0. The molecule has 0 bridgehead atoms. The smallest absolute Gasteiger partial charge is 0.308 e. The van der Waals surface area contributed by atoms with E-state index < -0.39 is 5.66 Å². The molecule has 0 N–H and O–H groups in total. The molecule has 0 radical (unpaired) electrons. The Kier molecular flexibility index (Phi) is 4.08. The van der Waals surface area contributed by atoms with E-state index in [2.05, 4.69) is 172 Å². The van der Waals surface area contributed by atoms with Crippen molar-refractivity contribution in [2.45, 2.75) is 44.7 Å². The van der Waals surface area contributed by atoms with E-state index in [1.165, 1.54) is 112 Å². The molecule has 0 saturated carbocycles. The molecule has 0 saturated heterocycles. The Morgan fingerprint density at radius 1 is 0.538 bits per heavy atom. The molecule has 0 aliphatic carbocycles. The van der Waals surface area contributed by atoms with E-state index in [0.29, 0.717) is 5.92 Å². The van der Waals surface area contributed by atoms with Gasteiger partial charge in [-0.1, -0.05) is 82.3 Å². The molecule has 5 aliphatic rings. The predicted octanol–water partition coefficient (Wildman–Crippen LogP) is 9.91. The zero-order valence-electron chi connectivity index (χ0n) is 29.4. The minimum Gasteiger partial charge on any atom is -0.308 e. The van der Waals surface area contributed by atoms with Crippen LogP contribution in [0.4, 0.5) is 17.2 Å². The number of fused-ring (bicyclic) bond motifs is 12. The highest BCUT2D eigenvalue weighted by Crippen LogP contribution is 2.62. The van der Waals surface area contributed by atoms with Crippen molar-refractivity contribution in [3.05, 3.63) is 149 Å². The highest BCUT2D eigenvalue weighted by Gasteiger charge is 2.70. The van der Waals surface area contributed by atoms with Gasteiger partial charge in [-0.25, -0.2) is 0 Å². The van der Waals surface area contributed by atoms with Crippen LogP contribution in [0.2, 0.25) is 0 Å². The van der Waals surface area contributed by atoms with Crippen molar-refractivity contribution in [2.24, 2.45) is 0 Å². The summed E-state index contributed by atoms with van der Waals surface area (Å²) in [4.78, 5) is 2.61. The van der Waals surface area contributed by atoms with Gasteiger partial charge in [0, 0.05) is 38.6 Å². The number of rotatable bonds is 1. The molecule has 9 aromatic rings. The third kappa shape index (κ3) is 2.43. The van der Waals surface area contributed by atoms with Gasteiger partial charge < -0.3 is 4.57 Å². The van der Waals surface area contributed by atoms with Crippen molar-refractivity contribution < 1.29 is 9.13 Å². The van der Waals surface area contributed by atoms with Gasteiger partial charge in [-0.05, 0) is 72.1 Å². The average molecular weight is 668 g/mol. The number of benzene rings is 5. The predicted molar refractivity (Wildman–Crippen MR) is 207 cm³/mol. The molecule has 1 spiro atoms. The van der Waals surface area contributed by atoms with E-state index in [0.717, 1.165) is 0 Å². The molecule has 0 fully saturated rings. The Morgan fingerprint density at radius 2 is 1.21 bits per heavy atom. The Hall–Kier alpha value is -6.20. The second-order valence-electron chi connectivity index (χ2n) is 16.4. The molecule has 5 aliphatic heterocycles. The topological polar surface area (TPSA) is 20.9 Å². The second-order valence-corrected chi connectivity index (χ2v) is 16.4. The normalized spacial score (nSPS) is 18.4. The molecule has 52 heavy (non-hydrogen) atoms. The van der Waals surface area contributed by atoms with Crippen LogP contribution in [0, 0.1) is 0 Å². The first-order valence-corrected chi connectivity index (χ1v) is 18.7. The van der Waals surface area contributed by atoms with E-state index >= 15 is 0 Å². The summed E-state index contributed by atoms with van der Waals surface area (Å²) in [5.41, 5.74) is 17.5. The number of para-hydroxylation sites is 3. The Balaban J connectivity index is 1.35. The van der Waals surface area contributed by atoms with E-state index in [-0.39, 0.29) is 5.41 Å². The van der Waals surface area contributed by atoms with Crippen molar-refractivity contribution in [2.75, 3.05) is 4.90 Å². The van der Waals surface area contributed by atoms with Gasteiger partial charge in [0.2, 0.25) is 0 Å². The van der Waals surface area contributed by atoms with Crippen molar-refractivity contribution in [3.63, 3.8) is 0 Å². The van der Waals surface area contributed by atoms with Crippen molar-refractivity contribution in [1.82, 2.24) is 9.13 Å². The number of pyridine rings is 2. The van der Waals surface area contributed by atoms with Crippen molar-refractivity contribution in [3.8, 4) is 22.9 Å². The standard InChI is InChI=1S/C47H33N5/c1-25(2)26-22-39-36-21-20-32-45-49(35-17-10-7-14-31(35)46(32,3)4)38-19-11-18-37-41(38)47(52(36)45)42-43-29(27-12-5-8-15-33(27)48(37)43)24-30-28-13-6-9-16-34(28)50(44(30)42)40(23-26)51(39)47/h5-25H,1-4H3/q+2. The van der Waals surface area contributed by atoms with Gasteiger partial charge in [-0.3, -0.25) is 0 Å². The van der Waals surface area contributed by atoms with Crippen molar-refractivity contribution in [1.29, 1.82) is 0 Å². The van der Waals surface area contributed by atoms with Crippen LogP contribution in [-0.4, -0.2) is 9.13 Å². The van der Waals surface area contributed by atoms with Crippen LogP contribution in [0.1, 0.15) is 61.4 Å². The molecule has 5 heteroatoms. The second kappa shape index (κ2) is 7.98. The third-order valence-electron chi connectivity index (χ3n) is 13.5. The minimum absolute atomic E-state index is 0.198. The quantitative estimate of drug-likeness (QED) is 0.160. The van der Waals surface area contributed by atoms with E-state index in [1.807, 2.05) is 0 Å². The molecule has 244 valence electrons. The summed E-state index contributed by atoms with van der Waals surface area (Å²) in [6.45, 7) is 9.50. The van der Waals surface area contributed by atoms with E-state index in [4.69, 9.17) is 0 Å². The molecule has 5 nitrogen and oxygen atoms in total. The lowest BCUT2D eigenvalue weighted by molar-refractivity contribution is -0.931. The fourth-order valence-electron chi connectivity index (χ4n) is 11.4. The van der Waals surface area contributed by atoms with Gasteiger partial charge in [0.1, 0.15) is 28.0 Å². The van der Waals surface area contributed by atoms with Gasteiger partial charge in [0.05, 0.1) is 22.3 Å². The molecule has 4 aromatic heterocycles. The zero-order valence-corrected chi connectivity index (χ0v) is 29.4. The fraction of sp³-hybridized carbons (Fsp3) is 0.149. The van der Waals surface area contributed by atoms with Crippen LogP contribution in [0.15, 0.2) is 121 Å². The molecule has 14 rings (SSSR count). The summed E-state index contributed by atoms with van der Waals surface area (Å²) in [6, 6.07) is 46.7. The van der Waals surface area contributed by atoms with Gasteiger partial charge in [-0.15, -0.1) is 0 Å². The Bertz CT molecular complexity index is 3260. The van der Waals surface area contributed by atoms with E-state index in [1.54, 1.807) is 0 Å². The average Bonchev–Trinajstić information content (AvgIpc) is 3.79. The summed E-state index contributed by atoms with van der Waals surface area (Å²) >= 11 is 0. The minimum atomic E-state index is -0.641. The molecule has 1 atom stereocenters. The van der Waals surface area contributed by atoms with Crippen LogP contribution in [0.25, 0.3) is 66.5 Å². The third-order valence-corrected chi connectivity index (χ3v) is 13.5. The molecule has 1 unspecified atom stereocenters. The first-order chi connectivity index (χ1) is 25.4. The molecular formula is C47H33N5+2. The van der Waals surface area contributed by atoms with Gasteiger partial charge in [-0.2, -0.15) is 18.6 Å². The van der Waals surface area contributed by atoms with Gasteiger partial charge in [0.15, 0.2) is 16.9 Å². The Morgan fingerprint density at radius 3 is 2.00 bits per heavy atom. The van der Waals surface area contributed by atoms with Crippen molar-refractivity contribution >= 4 is 60.8 Å². The number of hydrogen-bond acceptors (Lipinski definition) is 1. The van der Waals surface area contributed by atoms with E-state index in [9.17, 15) is 0 Å². The van der Waals surface area contributed by atoms with Crippen LogP contribution >= 0.6 is 0 Å². The molecule has 0 amide bonds. The monoisotopic (exact) mass is 667 g/mol. The first kappa shape index (κ1) is 26.6. The number of anilines is 3. The summed E-state index contributed by atoms with van der Waals surface area (Å²) in [5, 5.41) is 5.25. The van der Waals surface area contributed by atoms with Crippen LogP contribution < -0.4 is 14.0 Å². The fourth-order valence-corrected chi connectivity index (χ4v) is 11.4. The summed E-state index contributed by atoms with van der Waals surface area (Å²) < 4.78 is 10.7. The maximum Gasteiger partial charge on any atom is 0.319 e. The summed E-state index contributed by atoms with van der Waals surface area (Å²) in [6.07, 6.45) is 0. The van der Waals surface area contributed by atoms with Gasteiger partial charge >= 0.3 is 5.66 Å². The molecule has 5 aromatic carbocycles. The number of aromatic nitrogens is 4. The summed E-state index contributed by atoms with van der Waals surface area (Å²) in [5.74, 6) is 2.90. The largest absolute Gasteiger partial charge is 0.319 e. The summed E-state index contributed by atoms with van der Waals surface area (Å²) in [7, 11) is 0. The zero-order chi connectivity index (χ0) is 34.2. The lowest BCUT2D eigenvalue weighted by Crippen LogP contribution is -2.76. The van der Waals surface area contributed by atoms with Crippen LogP contribution in [0.3, 0.4) is 0 Å². The highest BCUT2D eigenvalue weighted by atomic mass is 15.5. The maximum absolute atomic E-state index is 2.78. The maximum atomic E-state index is 2.78. The molecule has 9 heterocycles. The molecular weight excluding hydrogens is 635 g/mol. The van der Waals surface area contributed by atoms with Crippen LogP contribution in [-0.2, 0) is 11.1 Å².